The maximum Gasteiger partial charge on any atom is 0.326 e. The fourth-order valence-corrected chi connectivity index (χ4v) is 3.12. The van der Waals surface area contributed by atoms with Crippen LogP contribution in [0.1, 0.15) is 65.7 Å². The summed E-state index contributed by atoms with van der Waals surface area (Å²) in [4.78, 5) is 23.4. The lowest BCUT2D eigenvalue weighted by Gasteiger charge is -2.31. The highest BCUT2D eigenvalue weighted by Crippen LogP contribution is 2.27. The van der Waals surface area contributed by atoms with Crippen molar-refractivity contribution >= 4 is 12.0 Å². The summed E-state index contributed by atoms with van der Waals surface area (Å²) in [5.74, 6) is -0.519. The standard InChI is InChI=1S/C16H30N2O3/c1-4-11(3)14(15(19)20)18-16(21)17-13(5-2)12-9-7-6-8-10-12/h11-14H,4-10H2,1-3H3,(H,19,20)(H2,17,18,21). The highest BCUT2D eigenvalue weighted by molar-refractivity contribution is 5.82. The number of hydrogen-bond donors (Lipinski definition) is 3. The minimum atomic E-state index is -0.967. The number of urea groups is 1. The van der Waals surface area contributed by atoms with Gasteiger partial charge in [-0.25, -0.2) is 9.59 Å². The molecule has 0 aromatic carbocycles. The lowest BCUT2D eigenvalue weighted by atomic mass is 9.83. The van der Waals surface area contributed by atoms with Crippen molar-refractivity contribution in [1.82, 2.24) is 10.6 Å². The number of carbonyl (C=O) groups is 2. The predicted octanol–water partition coefficient (Wildman–Crippen LogP) is 3.14. The van der Waals surface area contributed by atoms with Crippen LogP contribution in [-0.2, 0) is 4.79 Å². The van der Waals surface area contributed by atoms with Crippen molar-refractivity contribution in [2.45, 2.75) is 77.8 Å². The van der Waals surface area contributed by atoms with E-state index in [9.17, 15) is 14.7 Å². The van der Waals surface area contributed by atoms with E-state index in [4.69, 9.17) is 0 Å². The maximum atomic E-state index is 12.1. The first kappa shape index (κ1) is 17.8. The van der Waals surface area contributed by atoms with Crippen LogP contribution in [-0.4, -0.2) is 29.2 Å². The highest BCUT2D eigenvalue weighted by atomic mass is 16.4. The lowest BCUT2D eigenvalue weighted by Crippen LogP contribution is -2.52. The van der Waals surface area contributed by atoms with Crippen molar-refractivity contribution in [3.8, 4) is 0 Å². The zero-order chi connectivity index (χ0) is 15.8. The Morgan fingerprint density at radius 1 is 1.10 bits per heavy atom. The van der Waals surface area contributed by atoms with Gasteiger partial charge in [0.25, 0.3) is 0 Å². The number of hydrogen-bond acceptors (Lipinski definition) is 2. The molecule has 21 heavy (non-hydrogen) atoms. The molecule has 1 aliphatic carbocycles. The summed E-state index contributed by atoms with van der Waals surface area (Å²) in [7, 11) is 0. The number of carboxylic acid groups (broad SMARTS) is 1. The number of aliphatic carboxylic acids is 1. The second-order valence-electron chi connectivity index (χ2n) is 6.23. The Kier molecular flexibility index (Phi) is 7.54. The summed E-state index contributed by atoms with van der Waals surface area (Å²) in [6.45, 7) is 5.84. The SMILES string of the molecule is CCC(C)C(NC(=O)NC(CC)C1CCCCC1)C(=O)O. The molecule has 0 aromatic heterocycles. The first-order chi connectivity index (χ1) is 9.99. The molecule has 0 aromatic rings. The Balaban J connectivity index is 2.54. The Labute approximate surface area is 127 Å². The van der Waals surface area contributed by atoms with Gasteiger partial charge in [0.1, 0.15) is 6.04 Å². The van der Waals surface area contributed by atoms with E-state index < -0.39 is 12.0 Å². The van der Waals surface area contributed by atoms with Crippen molar-refractivity contribution in [2.75, 3.05) is 0 Å². The molecule has 1 fully saturated rings. The van der Waals surface area contributed by atoms with Gasteiger partial charge in [-0.05, 0) is 31.1 Å². The molecular weight excluding hydrogens is 268 g/mol. The van der Waals surface area contributed by atoms with Crippen LogP contribution in [0, 0.1) is 11.8 Å². The number of carbonyl (C=O) groups excluding carboxylic acids is 1. The lowest BCUT2D eigenvalue weighted by molar-refractivity contribution is -0.140. The summed E-state index contributed by atoms with van der Waals surface area (Å²) in [5.41, 5.74) is 0. The second kappa shape index (κ2) is 8.90. The monoisotopic (exact) mass is 298 g/mol. The van der Waals surface area contributed by atoms with Gasteiger partial charge in [0.15, 0.2) is 0 Å². The molecule has 0 bridgehead atoms. The predicted molar refractivity (Wildman–Crippen MR) is 83.2 cm³/mol. The van der Waals surface area contributed by atoms with Crippen molar-refractivity contribution in [3.63, 3.8) is 0 Å². The largest absolute Gasteiger partial charge is 0.480 e. The van der Waals surface area contributed by atoms with E-state index in [1.807, 2.05) is 13.8 Å². The number of nitrogens with one attached hydrogen (secondary N) is 2. The second-order valence-corrected chi connectivity index (χ2v) is 6.23. The molecule has 122 valence electrons. The summed E-state index contributed by atoms with van der Waals surface area (Å²) in [6.07, 6.45) is 7.67. The molecule has 2 amide bonds. The molecule has 5 heteroatoms. The van der Waals surface area contributed by atoms with Gasteiger partial charge in [0, 0.05) is 6.04 Å². The van der Waals surface area contributed by atoms with E-state index in [1.54, 1.807) is 0 Å². The molecule has 0 saturated heterocycles. The number of rotatable bonds is 7. The van der Waals surface area contributed by atoms with E-state index in [1.165, 1.54) is 19.3 Å². The summed E-state index contributed by atoms with van der Waals surface area (Å²) >= 11 is 0. The van der Waals surface area contributed by atoms with Crippen molar-refractivity contribution in [1.29, 1.82) is 0 Å². The highest BCUT2D eigenvalue weighted by Gasteiger charge is 2.28. The topological polar surface area (TPSA) is 78.4 Å². The fourth-order valence-electron chi connectivity index (χ4n) is 3.12. The van der Waals surface area contributed by atoms with E-state index in [0.29, 0.717) is 5.92 Å². The molecule has 1 aliphatic rings. The quantitative estimate of drug-likeness (QED) is 0.675. The van der Waals surface area contributed by atoms with Crippen LogP contribution in [0.5, 0.6) is 0 Å². The molecular formula is C16H30N2O3. The maximum absolute atomic E-state index is 12.1. The van der Waals surface area contributed by atoms with E-state index in [2.05, 4.69) is 17.6 Å². The van der Waals surface area contributed by atoms with Gasteiger partial charge in [-0.15, -0.1) is 0 Å². The Bertz CT molecular complexity index is 340. The molecule has 0 spiro atoms. The summed E-state index contributed by atoms with van der Waals surface area (Å²) < 4.78 is 0. The van der Waals surface area contributed by atoms with Gasteiger partial charge < -0.3 is 15.7 Å². The Morgan fingerprint density at radius 3 is 2.19 bits per heavy atom. The van der Waals surface area contributed by atoms with Gasteiger partial charge >= 0.3 is 12.0 Å². The molecule has 0 aliphatic heterocycles. The molecule has 3 unspecified atom stereocenters. The zero-order valence-corrected chi connectivity index (χ0v) is 13.5. The van der Waals surface area contributed by atoms with Crippen molar-refractivity contribution < 1.29 is 14.7 Å². The third-order valence-corrected chi connectivity index (χ3v) is 4.74. The van der Waals surface area contributed by atoms with Crippen molar-refractivity contribution in [3.05, 3.63) is 0 Å². The van der Waals surface area contributed by atoms with Crippen LogP contribution in [0.3, 0.4) is 0 Å². The average molecular weight is 298 g/mol. The molecule has 1 saturated carbocycles. The van der Waals surface area contributed by atoms with Crippen molar-refractivity contribution in [2.24, 2.45) is 11.8 Å². The molecule has 3 N–H and O–H groups in total. The van der Waals surface area contributed by atoms with Gasteiger partial charge in [0.2, 0.25) is 0 Å². The Morgan fingerprint density at radius 2 is 1.71 bits per heavy atom. The summed E-state index contributed by atoms with van der Waals surface area (Å²) in [5, 5.41) is 14.8. The first-order valence-electron chi connectivity index (χ1n) is 8.29. The number of amides is 2. The molecule has 1 rings (SSSR count). The van der Waals surface area contributed by atoms with E-state index in [-0.39, 0.29) is 18.0 Å². The fraction of sp³-hybridized carbons (Fsp3) is 0.875. The van der Waals surface area contributed by atoms with Crippen LogP contribution in [0.4, 0.5) is 4.79 Å². The normalized spacial score (nSPS) is 20.3. The van der Waals surface area contributed by atoms with Crippen LogP contribution in [0.15, 0.2) is 0 Å². The van der Waals surface area contributed by atoms with E-state index >= 15 is 0 Å². The summed E-state index contributed by atoms with van der Waals surface area (Å²) in [6, 6.07) is -1.02. The van der Waals surface area contributed by atoms with E-state index in [0.717, 1.165) is 25.7 Å². The van der Waals surface area contributed by atoms with Crippen LogP contribution in [0.2, 0.25) is 0 Å². The van der Waals surface area contributed by atoms with Crippen LogP contribution in [0.25, 0.3) is 0 Å². The van der Waals surface area contributed by atoms with Crippen LogP contribution >= 0.6 is 0 Å². The smallest absolute Gasteiger partial charge is 0.326 e. The minimum Gasteiger partial charge on any atom is -0.480 e. The van der Waals surface area contributed by atoms with Gasteiger partial charge in [-0.1, -0.05) is 46.5 Å². The van der Waals surface area contributed by atoms with Gasteiger partial charge in [0.05, 0.1) is 0 Å². The molecule has 0 heterocycles. The Hall–Kier alpha value is -1.26. The van der Waals surface area contributed by atoms with Gasteiger partial charge in [-0.3, -0.25) is 0 Å². The third-order valence-electron chi connectivity index (χ3n) is 4.74. The third kappa shape index (κ3) is 5.56. The van der Waals surface area contributed by atoms with Gasteiger partial charge in [-0.2, -0.15) is 0 Å². The van der Waals surface area contributed by atoms with Crippen LogP contribution < -0.4 is 10.6 Å². The molecule has 0 radical (unpaired) electrons. The zero-order valence-electron chi connectivity index (χ0n) is 13.5. The molecule has 5 nitrogen and oxygen atoms in total. The molecule has 3 atom stereocenters. The number of carboxylic acids is 1. The first-order valence-corrected chi connectivity index (χ1v) is 8.29. The average Bonchev–Trinajstić information content (AvgIpc) is 2.50. The minimum absolute atomic E-state index is 0.0805.